The van der Waals surface area contributed by atoms with Crippen molar-refractivity contribution in [3.8, 4) is 0 Å². The fourth-order valence-corrected chi connectivity index (χ4v) is 2.75. The molecule has 2 N–H and O–H groups in total. The minimum atomic E-state index is -0.397. The van der Waals surface area contributed by atoms with Crippen molar-refractivity contribution in [2.45, 2.75) is 25.5 Å². The lowest BCUT2D eigenvalue weighted by Crippen LogP contribution is -2.31. The Kier molecular flexibility index (Phi) is 4.79. The van der Waals surface area contributed by atoms with Gasteiger partial charge in [-0.05, 0) is 26.0 Å². The second-order valence-corrected chi connectivity index (χ2v) is 5.70. The van der Waals surface area contributed by atoms with E-state index in [0.29, 0.717) is 11.7 Å². The first-order valence-corrected chi connectivity index (χ1v) is 7.36. The zero-order chi connectivity index (χ0) is 14.5. The van der Waals surface area contributed by atoms with Crippen LogP contribution >= 0.6 is 11.8 Å². The molecule has 0 radical (unpaired) electrons. The molecular weight excluding hydrogens is 274 g/mol. The van der Waals surface area contributed by atoms with Crippen LogP contribution < -0.4 is 10.6 Å². The van der Waals surface area contributed by atoms with Gasteiger partial charge in [0.2, 0.25) is 11.8 Å². The largest absolute Gasteiger partial charge is 0.356 e. The van der Waals surface area contributed by atoms with Crippen LogP contribution in [0.5, 0.6) is 0 Å². The number of rotatable bonds is 4. The number of amidine groups is 1. The lowest BCUT2D eigenvalue weighted by atomic mass is 10.2. The minimum Gasteiger partial charge on any atom is -0.356 e. The van der Waals surface area contributed by atoms with Gasteiger partial charge in [0.15, 0.2) is 5.17 Å². The Bertz CT molecular complexity index is 540. The highest BCUT2D eigenvalue weighted by Gasteiger charge is 2.31. The monoisotopic (exact) mass is 291 g/mol. The van der Waals surface area contributed by atoms with Crippen molar-refractivity contribution in [1.82, 2.24) is 10.6 Å². The zero-order valence-electron chi connectivity index (χ0n) is 11.5. The summed E-state index contributed by atoms with van der Waals surface area (Å²) in [4.78, 5) is 27.6. The van der Waals surface area contributed by atoms with Crippen molar-refractivity contribution in [1.29, 1.82) is 0 Å². The molecule has 20 heavy (non-hydrogen) atoms. The fraction of sp³-hybridized carbons (Fsp3) is 0.357. The average Bonchev–Trinajstić information content (AvgIpc) is 2.73. The molecule has 2 amide bonds. The van der Waals surface area contributed by atoms with Gasteiger partial charge in [0.25, 0.3) is 0 Å². The number of nitrogens with one attached hydrogen (secondary N) is 2. The summed E-state index contributed by atoms with van der Waals surface area (Å²) >= 11 is 1.30. The molecule has 0 spiro atoms. The van der Waals surface area contributed by atoms with E-state index in [-0.39, 0.29) is 18.2 Å². The number of aliphatic imine (C=N–C) groups is 1. The van der Waals surface area contributed by atoms with Crippen LogP contribution in [0.25, 0.3) is 0 Å². The maximum atomic E-state index is 11.8. The number of amides is 2. The van der Waals surface area contributed by atoms with Crippen molar-refractivity contribution < 1.29 is 9.59 Å². The summed E-state index contributed by atoms with van der Waals surface area (Å²) < 4.78 is 0. The Morgan fingerprint density at radius 3 is 2.75 bits per heavy atom. The van der Waals surface area contributed by atoms with E-state index in [4.69, 9.17) is 0 Å². The summed E-state index contributed by atoms with van der Waals surface area (Å²) in [5.74, 6) is -0.274. The molecule has 0 aliphatic carbocycles. The van der Waals surface area contributed by atoms with Gasteiger partial charge in [-0.2, -0.15) is 0 Å². The highest BCUT2D eigenvalue weighted by molar-refractivity contribution is 8.15. The smallest absolute Gasteiger partial charge is 0.240 e. The van der Waals surface area contributed by atoms with Crippen molar-refractivity contribution in [3.05, 3.63) is 29.8 Å². The van der Waals surface area contributed by atoms with Crippen LogP contribution in [0.2, 0.25) is 0 Å². The number of nitrogens with zero attached hydrogens (tertiary/aromatic N) is 1. The van der Waals surface area contributed by atoms with Crippen molar-refractivity contribution in [2.24, 2.45) is 4.99 Å². The Balaban J connectivity index is 2.01. The van der Waals surface area contributed by atoms with E-state index in [1.165, 1.54) is 11.8 Å². The van der Waals surface area contributed by atoms with Crippen molar-refractivity contribution in [3.63, 3.8) is 0 Å². The SMILES string of the molecule is CCNC(=O)C[C@H]1SC(=Nc2ccc(C)cc2)NC1=O. The minimum absolute atomic E-state index is 0.114. The molecule has 1 fully saturated rings. The van der Waals surface area contributed by atoms with E-state index in [1.54, 1.807) is 0 Å². The van der Waals surface area contributed by atoms with Crippen molar-refractivity contribution in [2.75, 3.05) is 6.54 Å². The van der Waals surface area contributed by atoms with Crippen LogP contribution in [0.15, 0.2) is 29.3 Å². The molecular formula is C14H17N3O2S. The quantitative estimate of drug-likeness (QED) is 0.887. The van der Waals surface area contributed by atoms with Gasteiger partial charge < -0.3 is 10.6 Å². The summed E-state index contributed by atoms with van der Waals surface area (Å²) in [6.45, 7) is 4.43. The molecule has 106 valence electrons. The van der Waals surface area contributed by atoms with Gasteiger partial charge in [0.05, 0.1) is 5.69 Å². The van der Waals surface area contributed by atoms with E-state index >= 15 is 0 Å². The van der Waals surface area contributed by atoms with Gasteiger partial charge in [0, 0.05) is 13.0 Å². The molecule has 1 saturated heterocycles. The number of hydrogen-bond donors (Lipinski definition) is 2. The van der Waals surface area contributed by atoms with Gasteiger partial charge in [-0.3, -0.25) is 9.59 Å². The number of hydrogen-bond acceptors (Lipinski definition) is 4. The second kappa shape index (κ2) is 6.56. The van der Waals surface area contributed by atoms with Gasteiger partial charge in [0.1, 0.15) is 5.25 Å². The number of thioether (sulfide) groups is 1. The zero-order valence-corrected chi connectivity index (χ0v) is 12.3. The standard InChI is InChI=1S/C14H17N3O2S/c1-3-15-12(18)8-11-13(19)17-14(20-11)16-10-6-4-9(2)5-7-10/h4-7,11H,3,8H2,1-2H3,(H,15,18)(H,16,17,19)/t11-/m1/s1. The summed E-state index contributed by atoms with van der Waals surface area (Å²) in [6.07, 6.45) is 0.178. The summed E-state index contributed by atoms with van der Waals surface area (Å²) in [6, 6.07) is 7.72. The van der Waals surface area contributed by atoms with Crippen LogP contribution in [0.1, 0.15) is 18.9 Å². The maximum Gasteiger partial charge on any atom is 0.240 e. The third-order valence-corrected chi connectivity index (χ3v) is 3.87. The molecule has 1 aliphatic heterocycles. The lowest BCUT2D eigenvalue weighted by Gasteiger charge is -2.04. The maximum absolute atomic E-state index is 11.8. The highest BCUT2D eigenvalue weighted by atomic mass is 32.2. The molecule has 5 nitrogen and oxygen atoms in total. The molecule has 1 heterocycles. The molecule has 1 aromatic carbocycles. The normalized spacial score (nSPS) is 20.0. The molecule has 0 unspecified atom stereocenters. The molecule has 2 rings (SSSR count). The van der Waals surface area contributed by atoms with Crippen LogP contribution in [-0.4, -0.2) is 28.8 Å². The Labute approximate surface area is 122 Å². The average molecular weight is 291 g/mol. The van der Waals surface area contributed by atoms with Gasteiger partial charge >= 0.3 is 0 Å². The van der Waals surface area contributed by atoms with Crippen LogP contribution in [-0.2, 0) is 9.59 Å². The number of carbonyl (C=O) groups is 2. The Hall–Kier alpha value is -1.82. The molecule has 0 bridgehead atoms. The lowest BCUT2D eigenvalue weighted by molar-refractivity contribution is -0.125. The first-order chi connectivity index (χ1) is 9.58. The van der Waals surface area contributed by atoms with Crippen molar-refractivity contribution >= 4 is 34.4 Å². The summed E-state index contributed by atoms with van der Waals surface area (Å²) in [5, 5.41) is 5.55. The summed E-state index contributed by atoms with van der Waals surface area (Å²) in [5.41, 5.74) is 1.95. The topological polar surface area (TPSA) is 70.6 Å². The first kappa shape index (κ1) is 14.6. The fourth-order valence-electron chi connectivity index (χ4n) is 1.77. The molecule has 0 aromatic heterocycles. The number of aryl methyl sites for hydroxylation is 1. The molecule has 1 aliphatic rings. The van der Waals surface area contributed by atoms with E-state index in [1.807, 2.05) is 38.1 Å². The van der Waals surface area contributed by atoms with Crippen LogP contribution in [0.3, 0.4) is 0 Å². The molecule has 1 atom stereocenters. The highest BCUT2D eigenvalue weighted by Crippen LogP contribution is 2.25. The Morgan fingerprint density at radius 1 is 1.40 bits per heavy atom. The third-order valence-electron chi connectivity index (χ3n) is 2.79. The predicted molar refractivity (Wildman–Crippen MR) is 81.1 cm³/mol. The number of benzene rings is 1. The molecule has 6 heteroatoms. The van der Waals surface area contributed by atoms with E-state index in [9.17, 15) is 9.59 Å². The van der Waals surface area contributed by atoms with Gasteiger partial charge in [-0.15, -0.1) is 0 Å². The molecule has 1 aromatic rings. The third kappa shape index (κ3) is 3.84. The van der Waals surface area contributed by atoms with E-state index in [0.717, 1.165) is 11.3 Å². The van der Waals surface area contributed by atoms with Crippen LogP contribution in [0, 0.1) is 6.92 Å². The Morgan fingerprint density at radius 2 is 2.10 bits per heavy atom. The van der Waals surface area contributed by atoms with E-state index in [2.05, 4.69) is 15.6 Å². The van der Waals surface area contributed by atoms with Gasteiger partial charge in [-0.1, -0.05) is 29.5 Å². The van der Waals surface area contributed by atoms with E-state index < -0.39 is 5.25 Å². The second-order valence-electron chi connectivity index (χ2n) is 4.51. The van der Waals surface area contributed by atoms with Crippen LogP contribution in [0.4, 0.5) is 5.69 Å². The molecule has 0 saturated carbocycles. The summed E-state index contributed by atoms with van der Waals surface area (Å²) in [7, 11) is 0. The number of carbonyl (C=O) groups excluding carboxylic acids is 2. The predicted octanol–water partition coefficient (Wildman–Crippen LogP) is 1.74. The van der Waals surface area contributed by atoms with Gasteiger partial charge in [-0.25, -0.2) is 4.99 Å². The first-order valence-electron chi connectivity index (χ1n) is 6.48.